The molecule has 0 saturated heterocycles. The molecule has 0 amide bonds. The first-order valence-corrected chi connectivity index (χ1v) is 5.32. The van der Waals surface area contributed by atoms with Gasteiger partial charge in [-0.1, -0.05) is 6.07 Å². The van der Waals surface area contributed by atoms with Crippen molar-refractivity contribution < 1.29 is 0 Å². The van der Waals surface area contributed by atoms with E-state index in [1.165, 1.54) is 12.8 Å². The Hall–Kier alpha value is -1.40. The summed E-state index contributed by atoms with van der Waals surface area (Å²) in [5.74, 6) is 0.886. The van der Waals surface area contributed by atoms with Gasteiger partial charge in [0.15, 0.2) is 0 Å². The van der Waals surface area contributed by atoms with Crippen LogP contribution in [0.2, 0.25) is 0 Å². The third-order valence-electron chi connectivity index (χ3n) is 2.70. The van der Waals surface area contributed by atoms with Gasteiger partial charge in [0.25, 0.3) is 0 Å². The van der Waals surface area contributed by atoms with Gasteiger partial charge in [-0.2, -0.15) is 5.26 Å². The molecule has 0 aliphatic heterocycles. The molecule has 0 bridgehead atoms. The second-order valence-electron chi connectivity index (χ2n) is 4.26. The van der Waals surface area contributed by atoms with Crippen LogP contribution in [-0.2, 0) is 6.54 Å². The fraction of sp³-hybridized carbons (Fsp3) is 0.500. The quantitative estimate of drug-likeness (QED) is 0.745. The SMILES string of the molecule is CN(Cc1cccnc1C#N)CC1CC1. The number of pyridine rings is 1. The molecule has 0 spiro atoms. The molecule has 0 radical (unpaired) electrons. The van der Waals surface area contributed by atoms with Crippen LogP contribution in [0.5, 0.6) is 0 Å². The third-order valence-corrected chi connectivity index (χ3v) is 2.70. The number of nitrogens with zero attached hydrogens (tertiary/aromatic N) is 3. The summed E-state index contributed by atoms with van der Waals surface area (Å²) < 4.78 is 0. The van der Waals surface area contributed by atoms with Crippen molar-refractivity contribution in [3.63, 3.8) is 0 Å². The van der Waals surface area contributed by atoms with Crippen LogP contribution < -0.4 is 0 Å². The van der Waals surface area contributed by atoms with Gasteiger partial charge in [0, 0.05) is 24.8 Å². The molecule has 1 aromatic rings. The summed E-state index contributed by atoms with van der Waals surface area (Å²) in [6.07, 6.45) is 4.40. The lowest BCUT2D eigenvalue weighted by molar-refractivity contribution is 0.312. The fourth-order valence-electron chi connectivity index (χ4n) is 1.76. The van der Waals surface area contributed by atoms with Gasteiger partial charge in [-0.15, -0.1) is 0 Å². The second-order valence-corrected chi connectivity index (χ2v) is 4.26. The first kappa shape index (κ1) is 10.1. The average molecular weight is 201 g/mol. The lowest BCUT2D eigenvalue weighted by Crippen LogP contribution is -2.21. The number of hydrogen-bond donors (Lipinski definition) is 0. The maximum absolute atomic E-state index is 8.89. The molecule has 1 aliphatic rings. The number of rotatable bonds is 4. The predicted octanol–water partition coefficient (Wildman–Crippen LogP) is 1.80. The van der Waals surface area contributed by atoms with Gasteiger partial charge in [-0.25, -0.2) is 4.98 Å². The van der Waals surface area contributed by atoms with Crippen LogP contribution in [-0.4, -0.2) is 23.5 Å². The first-order chi connectivity index (χ1) is 7.29. The molecule has 0 aromatic carbocycles. The molecule has 3 heteroatoms. The maximum atomic E-state index is 8.89. The number of aromatic nitrogens is 1. The van der Waals surface area contributed by atoms with Crippen molar-refractivity contribution in [2.45, 2.75) is 19.4 Å². The van der Waals surface area contributed by atoms with Gasteiger partial charge in [0.1, 0.15) is 11.8 Å². The summed E-state index contributed by atoms with van der Waals surface area (Å²) >= 11 is 0. The van der Waals surface area contributed by atoms with Crippen LogP contribution >= 0.6 is 0 Å². The van der Waals surface area contributed by atoms with Crippen LogP contribution in [0.4, 0.5) is 0 Å². The summed E-state index contributed by atoms with van der Waals surface area (Å²) in [6.45, 7) is 1.97. The Balaban J connectivity index is 1.99. The molecule has 1 aliphatic carbocycles. The van der Waals surface area contributed by atoms with Crippen LogP contribution in [0.1, 0.15) is 24.1 Å². The molecular weight excluding hydrogens is 186 g/mol. The monoisotopic (exact) mass is 201 g/mol. The maximum Gasteiger partial charge on any atom is 0.144 e. The van der Waals surface area contributed by atoms with E-state index in [9.17, 15) is 0 Å². The number of hydrogen-bond acceptors (Lipinski definition) is 3. The lowest BCUT2D eigenvalue weighted by Gasteiger charge is -2.16. The van der Waals surface area contributed by atoms with Crippen LogP contribution in [0, 0.1) is 17.2 Å². The molecule has 0 N–H and O–H groups in total. The Morgan fingerprint density at radius 3 is 3.07 bits per heavy atom. The molecule has 2 rings (SSSR count). The topological polar surface area (TPSA) is 39.9 Å². The highest BCUT2D eigenvalue weighted by Gasteiger charge is 2.22. The molecule has 1 saturated carbocycles. The van der Waals surface area contributed by atoms with Gasteiger partial charge in [-0.05, 0) is 31.9 Å². The Labute approximate surface area is 90.4 Å². The summed E-state index contributed by atoms with van der Waals surface area (Å²) in [4.78, 5) is 6.33. The van der Waals surface area contributed by atoms with E-state index in [2.05, 4.69) is 23.0 Å². The minimum atomic E-state index is 0.556. The van der Waals surface area contributed by atoms with Gasteiger partial charge in [0.2, 0.25) is 0 Å². The normalized spacial score (nSPS) is 15.3. The van der Waals surface area contributed by atoms with Crippen LogP contribution in [0.3, 0.4) is 0 Å². The van der Waals surface area contributed by atoms with E-state index in [4.69, 9.17) is 5.26 Å². The highest BCUT2D eigenvalue weighted by molar-refractivity contribution is 5.30. The molecule has 0 atom stereocenters. The zero-order chi connectivity index (χ0) is 10.7. The van der Waals surface area contributed by atoms with Gasteiger partial charge in [0.05, 0.1) is 0 Å². The molecule has 1 heterocycles. The van der Waals surface area contributed by atoms with Gasteiger partial charge in [-0.3, -0.25) is 0 Å². The lowest BCUT2D eigenvalue weighted by atomic mass is 10.2. The molecule has 1 aromatic heterocycles. The minimum Gasteiger partial charge on any atom is -0.302 e. The molecule has 0 unspecified atom stereocenters. The molecular formula is C12H15N3. The first-order valence-electron chi connectivity index (χ1n) is 5.32. The highest BCUT2D eigenvalue weighted by atomic mass is 15.1. The standard InChI is InChI=1S/C12H15N3/c1-15(8-10-4-5-10)9-11-3-2-6-14-12(11)7-13/h2-3,6,10H,4-5,8-9H2,1H3. The van der Waals surface area contributed by atoms with Crippen molar-refractivity contribution in [1.82, 2.24) is 9.88 Å². The van der Waals surface area contributed by atoms with Crippen molar-refractivity contribution in [2.75, 3.05) is 13.6 Å². The van der Waals surface area contributed by atoms with E-state index < -0.39 is 0 Å². The van der Waals surface area contributed by atoms with Gasteiger partial charge >= 0.3 is 0 Å². The van der Waals surface area contributed by atoms with Crippen molar-refractivity contribution in [2.24, 2.45) is 5.92 Å². The number of nitriles is 1. The Morgan fingerprint density at radius 1 is 1.60 bits per heavy atom. The van der Waals surface area contributed by atoms with E-state index in [0.717, 1.165) is 24.6 Å². The zero-order valence-electron chi connectivity index (χ0n) is 8.98. The fourth-order valence-corrected chi connectivity index (χ4v) is 1.76. The van der Waals surface area contributed by atoms with E-state index in [1.807, 2.05) is 12.1 Å². The van der Waals surface area contributed by atoms with Crippen LogP contribution in [0.25, 0.3) is 0 Å². The van der Waals surface area contributed by atoms with E-state index in [0.29, 0.717) is 5.69 Å². The van der Waals surface area contributed by atoms with Crippen molar-refractivity contribution in [1.29, 1.82) is 5.26 Å². The molecule has 15 heavy (non-hydrogen) atoms. The summed E-state index contributed by atoms with van der Waals surface area (Å²) in [7, 11) is 2.10. The largest absolute Gasteiger partial charge is 0.302 e. The summed E-state index contributed by atoms with van der Waals surface area (Å²) in [5, 5.41) is 8.89. The third kappa shape index (κ3) is 2.77. The van der Waals surface area contributed by atoms with Crippen molar-refractivity contribution in [3.05, 3.63) is 29.6 Å². The second kappa shape index (κ2) is 4.41. The van der Waals surface area contributed by atoms with E-state index >= 15 is 0 Å². The summed E-state index contributed by atoms with van der Waals surface area (Å²) in [5.41, 5.74) is 1.59. The summed E-state index contributed by atoms with van der Waals surface area (Å²) in [6, 6.07) is 6.00. The minimum absolute atomic E-state index is 0.556. The molecule has 3 nitrogen and oxygen atoms in total. The highest BCUT2D eigenvalue weighted by Crippen LogP contribution is 2.29. The average Bonchev–Trinajstić information content (AvgIpc) is 3.02. The molecule has 78 valence electrons. The Bertz CT molecular complexity index is 377. The smallest absolute Gasteiger partial charge is 0.144 e. The van der Waals surface area contributed by atoms with Crippen molar-refractivity contribution in [3.8, 4) is 6.07 Å². The zero-order valence-corrected chi connectivity index (χ0v) is 8.98. The predicted molar refractivity (Wildman–Crippen MR) is 58.0 cm³/mol. The van der Waals surface area contributed by atoms with E-state index in [1.54, 1.807) is 6.20 Å². The van der Waals surface area contributed by atoms with E-state index in [-0.39, 0.29) is 0 Å². The molecule has 1 fully saturated rings. The Morgan fingerprint density at radius 2 is 2.40 bits per heavy atom. The van der Waals surface area contributed by atoms with Crippen LogP contribution in [0.15, 0.2) is 18.3 Å². The Kier molecular flexibility index (Phi) is 2.98. The van der Waals surface area contributed by atoms with Gasteiger partial charge < -0.3 is 4.90 Å². The van der Waals surface area contributed by atoms with Crippen molar-refractivity contribution >= 4 is 0 Å².